The van der Waals surface area contributed by atoms with Gasteiger partial charge in [0.15, 0.2) is 0 Å². The maximum Gasteiger partial charge on any atom is 0.342 e. The number of carbonyl (C=O) groups excluding carboxylic acids is 1. The Kier molecular flexibility index (Phi) is 6.54. The fourth-order valence-electron chi connectivity index (χ4n) is 0.766. The number of carbonyl (C=O) groups is 1. The van der Waals surface area contributed by atoms with E-state index in [9.17, 15) is 4.79 Å². The Balaban J connectivity index is 3.46. The minimum Gasteiger partial charge on any atom is -0.382 e. The maximum atomic E-state index is 11.0. The van der Waals surface area contributed by atoms with Gasteiger partial charge in [-0.2, -0.15) is 4.89 Å². The Labute approximate surface area is 79.1 Å². The molecule has 0 aromatic carbocycles. The summed E-state index contributed by atoms with van der Waals surface area (Å²) in [6.45, 7) is 6.07. The molecule has 0 bridgehead atoms. The number of methoxy groups -OCH3 is 1. The van der Waals surface area contributed by atoms with Crippen LogP contribution in [0.3, 0.4) is 0 Å². The summed E-state index contributed by atoms with van der Waals surface area (Å²) in [5.41, 5.74) is 0. The van der Waals surface area contributed by atoms with Gasteiger partial charge in [0.1, 0.15) is 6.10 Å². The van der Waals surface area contributed by atoms with Crippen molar-refractivity contribution in [3.05, 3.63) is 0 Å². The van der Waals surface area contributed by atoms with Crippen LogP contribution in [0.25, 0.3) is 0 Å². The molecule has 0 fully saturated rings. The van der Waals surface area contributed by atoms with Crippen molar-refractivity contribution in [2.45, 2.75) is 33.3 Å². The first-order valence-electron chi connectivity index (χ1n) is 4.41. The van der Waals surface area contributed by atoms with E-state index < -0.39 is 0 Å². The molecule has 1 atom stereocenters. The summed E-state index contributed by atoms with van der Waals surface area (Å²) in [5, 5.41) is 0. The van der Waals surface area contributed by atoms with Crippen molar-refractivity contribution in [2.24, 2.45) is 5.92 Å². The van der Waals surface area contributed by atoms with Crippen molar-refractivity contribution in [1.29, 1.82) is 0 Å². The summed E-state index contributed by atoms with van der Waals surface area (Å²) in [5.74, 6) is -0.0493. The van der Waals surface area contributed by atoms with Crippen molar-refractivity contribution in [3.8, 4) is 0 Å². The van der Waals surface area contributed by atoms with Crippen LogP contribution < -0.4 is 0 Å². The van der Waals surface area contributed by atoms with Crippen LogP contribution in [0.2, 0.25) is 0 Å². The minimum atomic E-state index is -0.335. The molecule has 0 amide bonds. The van der Waals surface area contributed by atoms with Crippen LogP contribution in [-0.2, 0) is 19.3 Å². The van der Waals surface area contributed by atoms with Gasteiger partial charge in [-0.1, -0.05) is 13.8 Å². The second-order valence-corrected chi connectivity index (χ2v) is 3.42. The van der Waals surface area contributed by atoms with E-state index in [0.717, 1.165) is 0 Å². The molecule has 0 heterocycles. The zero-order chi connectivity index (χ0) is 10.3. The lowest BCUT2D eigenvalue weighted by atomic mass is 10.1. The molecule has 0 radical (unpaired) electrons. The third kappa shape index (κ3) is 7.74. The van der Waals surface area contributed by atoms with Gasteiger partial charge >= 0.3 is 5.97 Å². The molecule has 0 aromatic rings. The molecule has 0 saturated heterocycles. The molecular weight excluding hydrogens is 172 g/mol. The fraction of sp³-hybridized carbons (Fsp3) is 0.889. The highest BCUT2D eigenvalue weighted by molar-refractivity contribution is 5.68. The Morgan fingerprint density at radius 2 is 1.92 bits per heavy atom. The first-order chi connectivity index (χ1) is 6.06. The molecule has 0 aliphatic carbocycles. The Morgan fingerprint density at radius 1 is 1.31 bits per heavy atom. The zero-order valence-corrected chi connectivity index (χ0v) is 8.70. The predicted octanol–water partition coefficient (Wildman–Crippen LogP) is 1.54. The molecule has 4 nitrogen and oxygen atoms in total. The van der Waals surface area contributed by atoms with Crippen LogP contribution >= 0.6 is 0 Å². The van der Waals surface area contributed by atoms with E-state index in [1.165, 1.54) is 0 Å². The van der Waals surface area contributed by atoms with E-state index >= 15 is 0 Å². The first-order valence-corrected chi connectivity index (χ1v) is 4.41. The van der Waals surface area contributed by atoms with Gasteiger partial charge in [0.2, 0.25) is 0 Å². The molecule has 13 heavy (non-hydrogen) atoms. The highest BCUT2D eigenvalue weighted by Gasteiger charge is 2.09. The standard InChI is InChI=1S/C9H18O4/c1-7(2)5-9(10)13-12-8(3)6-11-4/h7-8H,5-6H2,1-4H3. The average Bonchev–Trinajstić information content (AvgIpc) is 2.00. The summed E-state index contributed by atoms with van der Waals surface area (Å²) >= 11 is 0. The topological polar surface area (TPSA) is 44.8 Å². The summed E-state index contributed by atoms with van der Waals surface area (Å²) in [6.07, 6.45) is 0.154. The lowest BCUT2D eigenvalue weighted by molar-refractivity contribution is -0.300. The highest BCUT2D eigenvalue weighted by Crippen LogP contribution is 2.02. The Morgan fingerprint density at radius 3 is 2.38 bits per heavy atom. The summed E-state index contributed by atoms with van der Waals surface area (Å²) in [7, 11) is 1.57. The van der Waals surface area contributed by atoms with Gasteiger partial charge in [0, 0.05) is 7.11 Å². The van der Waals surface area contributed by atoms with E-state index in [1.807, 2.05) is 13.8 Å². The number of hydrogen-bond acceptors (Lipinski definition) is 4. The van der Waals surface area contributed by atoms with Crippen LogP contribution in [0.4, 0.5) is 0 Å². The number of rotatable bonds is 6. The number of ether oxygens (including phenoxy) is 1. The summed E-state index contributed by atoms with van der Waals surface area (Å²) < 4.78 is 4.80. The quantitative estimate of drug-likeness (QED) is 0.471. The Bertz CT molecular complexity index is 145. The van der Waals surface area contributed by atoms with Gasteiger partial charge in [-0.25, -0.2) is 4.79 Å². The third-order valence-electron chi connectivity index (χ3n) is 1.28. The summed E-state index contributed by atoms with van der Waals surface area (Å²) in [6, 6.07) is 0. The first kappa shape index (κ1) is 12.4. The van der Waals surface area contributed by atoms with Gasteiger partial charge in [-0.05, 0) is 12.8 Å². The smallest absolute Gasteiger partial charge is 0.342 e. The molecule has 0 aromatic heterocycles. The minimum absolute atomic E-state index is 0.221. The van der Waals surface area contributed by atoms with Crippen molar-refractivity contribution in [1.82, 2.24) is 0 Å². The van der Waals surface area contributed by atoms with Gasteiger partial charge in [-0.3, -0.25) is 4.89 Å². The van der Waals surface area contributed by atoms with Crippen LogP contribution in [0.15, 0.2) is 0 Å². The normalized spacial score (nSPS) is 13.0. The molecule has 78 valence electrons. The highest BCUT2D eigenvalue weighted by atomic mass is 17.2. The molecule has 0 N–H and O–H groups in total. The fourth-order valence-corrected chi connectivity index (χ4v) is 0.766. The summed E-state index contributed by atoms with van der Waals surface area (Å²) in [4.78, 5) is 20.3. The van der Waals surface area contributed by atoms with Crippen molar-refractivity contribution in [3.63, 3.8) is 0 Å². The van der Waals surface area contributed by atoms with Gasteiger partial charge in [0.05, 0.1) is 13.0 Å². The molecule has 1 unspecified atom stereocenters. The van der Waals surface area contributed by atoms with E-state index in [4.69, 9.17) is 9.62 Å². The molecule has 0 aliphatic rings. The molecule has 4 heteroatoms. The van der Waals surface area contributed by atoms with E-state index in [2.05, 4.69) is 4.89 Å². The lowest BCUT2D eigenvalue weighted by Crippen LogP contribution is -2.18. The molecule has 0 rings (SSSR count). The van der Waals surface area contributed by atoms with E-state index in [1.54, 1.807) is 14.0 Å². The van der Waals surface area contributed by atoms with Gasteiger partial charge < -0.3 is 4.74 Å². The monoisotopic (exact) mass is 190 g/mol. The molecule has 0 spiro atoms. The van der Waals surface area contributed by atoms with Crippen LogP contribution in [0, 0.1) is 5.92 Å². The zero-order valence-electron chi connectivity index (χ0n) is 8.70. The average molecular weight is 190 g/mol. The molecule has 0 aliphatic heterocycles. The van der Waals surface area contributed by atoms with Crippen molar-refractivity contribution >= 4 is 5.97 Å². The Hall–Kier alpha value is -0.610. The van der Waals surface area contributed by atoms with Gasteiger partial charge in [0.25, 0.3) is 0 Å². The lowest BCUT2D eigenvalue weighted by Gasteiger charge is -2.10. The van der Waals surface area contributed by atoms with Crippen LogP contribution in [0.5, 0.6) is 0 Å². The molecule has 0 saturated carbocycles. The van der Waals surface area contributed by atoms with E-state index in [-0.39, 0.29) is 18.0 Å². The van der Waals surface area contributed by atoms with Crippen LogP contribution in [0.1, 0.15) is 27.2 Å². The van der Waals surface area contributed by atoms with E-state index in [0.29, 0.717) is 13.0 Å². The van der Waals surface area contributed by atoms with Crippen LogP contribution in [-0.4, -0.2) is 25.8 Å². The van der Waals surface area contributed by atoms with Gasteiger partial charge in [-0.15, -0.1) is 0 Å². The molecular formula is C9H18O4. The largest absolute Gasteiger partial charge is 0.382 e. The predicted molar refractivity (Wildman–Crippen MR) is 48.0 cm³/mol. The van der Waals surface area contributed by atoms with Crippen molar-refractivity contribution in [2.75, 3.05) is 13.7 Å². The number of hydrogen-bond donors (Lipinski definition) is 0. The SMILES string of the molecule is COCC(C)OOC(=O)CC(C)C. The second kappa shape index (κ2) is 6.86. The third-order valence-corrected chi connectivity index (χ3v) is 1.28. The maximum absolute atomic E-state index is 11.0. The second-order valence-electron chi connectivity index (χ2n) is 3.42. The van der Waals surface area contributed by atoms with Crippen molar-refractivity contribution < 1.29 is 19.3 Å².